The van der Waals surface area contributed by atoms with E-state index in [9.17, 15) is 8.78 Å². The van der Waals surface area contributed by atoms with Gasteiger partial charge < -0.3 is 10.1 Å². The summed E-state index contributed by atoms with van der Waals surface area (Å²) in [7, 11) is 1.77. The number of nitrogens with one attached hydrogen (secondary N) is 1. The van der Waals surface area contributed by atoms with Crippen LogP contribution >= 0.6 is 0 Å². The Morgan fingerprint density at radius 2 is 2.00 bits per heavy atom. The van der Waals surface area contributed by atoms with E-state index in [0.29, 0.717) is 12.2 Å². The molecule has 1 aliphatic heterocycles. The van der Waals surface area contributed by atoms with E-state index < -0.39 is 11.6 Å². The Kier molecular flexibility index (Phi) is 3.40. The highest BCUT2D eigenvalue weighted by atomic mass is 19.1. The average Bonchev–Trinajstić information content (AvgIpc) is 2.86. The first-order valence-corrected chi connectivity index (χ1v) is 6.54. The van der Waals surface area contributed by atoms with Crippen molar-refractivity contribution in [1.29, 1.82) is 0 Å². The molecule has 0 aliphatic carbocycles. The second-order valence-electron chi connectivity index (χ2n) is 4.89. The molecule has 0 fully saturated rings. The van der Waals surface area contributed by atoms with Crippen LogP contribution in [0.15, 0.2) is 42.5 Å². The number of fused-ring (bicyclic) bond motifs is 1. The maximum Gasteiger partial charge on any atom is 0.130 e. The quantitative estimate of drug-likeness (QED) is 0.927. The first-order chi connectivity index (χ1) is 9.70. The zero-order valence-electron chi connectivity index (χ0n) is 11.1. The molecular weight excluding hydrogens is 260 g/mol. The summed E-state index contributed by atoms with van der Waals surface area (Å²) >= 11 is 0. The van der Waals surface area contributed by atoms with Crippen molar-refractivity contribution in [2.45, 2.75) is 12.0 Å². The molecule has 0 bridgehead atoms. The summed E-state index contributed by atoms with van der Waals surface area (Å²) in [4.78, 5) is 0. The summed E-state index contributed by atoms with van der Waals surface area (Å²) in [5.74, 6) is -0.255. The maximum atomic E-state index is 14.0. The van der Waals surface area contributed by atoms with E-state index in [1.54, 1.807) is 7.05 Å². The number of hydrogen-bond donors (Lipinski definition) is 1. The van der Waals surface area contributed by atoms with Crippen LogP contribution in [0.25, 0.3) is 0 Å². The number of ether oxygens (including phenoxy) is 1. The highest BCUT2D eigenvalue weighted by Gasteiger charge is 2.32. The summed E-state index contributed by atoms with van der Waals surface area (Å²) < 4.78 is 32.7. The van der Waals surface area contributed by atoms with Crippen molar-refractivity contribution in [2.24, 2.45) is 0 Å². The lowest BCUT2D eigenvalue weighted by molar-refractivity contribution is 0.302. The van der Waals surface area contributed by atoms with Gasteiger partial charge >= 0.3 is 0 Å². The van der Waals surface area contributed by atoms with Gasteiger partial charge in [-0.1, -0.05) is 24.3 Å². The fraction of sp³-hybridized carbons (Fsp3) is 0.250. The normalized spacial score (nSPS) is 18.4. The van der Waals surface area contributed by atoms with E-state index in [1.807, 2.05) is 24.3 Å². The molecule has 0 aromatic heterocycles. The number of likely N-dealkylation sites (N-methyl/N-ethyl adjacent to an activating group) is 1. The fourth-order valence-corrected chi connectivity index (χ4v) is 2.79. The summed E-state index contributed by atoms with van der Waals surface area (Å²) in [6.45, 7) is 0.488. The Balaban J connectivity index is 1.99. The Hall–Kier alpha value is -1.94. The minimum absolute atomic E-state index is 0.0103. The van der Waals surface area contributed by atoms with Crippen LogP contribution in [0.2, 0.25) is 0 Å². The molecule has 1 N–H and O–H groups in total. The minimum Gasteiger partial charge on any atom is -0.493 e. The van der Waals surface area contributed by atoms with Gasteiger partial charge in [0, 0.05) is 29.2 Å². The zero-order valence-corrected chi connectivity index (χ0v) is 11.1. The van der Waals surface area contributed by atoms with Crippen molar-refractivity contribution in [3.8, 4) is 5.75 Å². The molecule has 2 aromatic rings. The van der Waals surface area contributed by atoms with E-state index in [-0.39, 0.29) is 12.0 Å². The lowest BCUT2D eigenvalue weighted by atomic mass is 9.88. The van der Waals surface area contributed by atoms with Gasteiger partial charge in [-0.15, -0.1) is 0 Å². The van der Waals surface area contributed by atoms with Crippen LogP contribution < -0.4 is 10.1 Å². The second-order valence-corrected chi connectivity index (χ2v) is 4.89. The monoisotopic (exact) mass is 275 g/mol. The van der Waals surface area contributed by atoms with E-state index >= 15 is 0 Å². The lowest BCUT2D eigenvalue weighted by Gasteiger charge is -2.23. The van der Waals surface area contributed by atoms with Gasteiger partial charge in [-0.25, -0.2) is 8.78 Å². The zero-order chi connectivity index (χ0) is 14.1. The SMILES string of the molecule is CNC(c1ccc(F)cc1F)C1COc2ccccc21. The first kappa shape index (κ1) is 13.1. The first-order valence-electron chi connectivity index (χ1n) is 6.54. The van der Waals surface area contributed by atoms with Gasteiger partial charge in [-0.3, -0.25) is 0 Å². The Morgan fingerprint density at radius 3 is 2.75 bits per heavy atom. The smallest absolute Gasteiger partial charge is 0.130 e. The van der Waals surface area contributed by atoms with E-state index in [1.165, 1.54) is 12.1 Å². The molecule has 2 unspecified atom stereocenters. The molecule has 0 spiro atoms. The minimum atomic E-state index is -0.566. The van der Waals surface area contributed by atoms with Crippen molar-refractivity contribution < 1.29 is 13.5 Å². The molecule has 0 amide bonds. The van der Waals surface area contributed by atoms with Crippen LogP contribution in [-0.2, 0) is 0 Å². The van der Waals surface area contributed by atoms with Crippen LogP contribution in [0.4, 0.5) is 8.78 Å². The van der Waals surface area contributed by atoms with Crippen molar-refractivity contribution in [3.63, 3.8) is 0 Å². The van der Waals surface area contributed by atoms with Gasteiger partial charge in [0.1, 0.15) is 17.4 Å². The molecule has 3 rings (SSSR count). The van der Waals surface area contributed by atoms with Crippen molar-refractivity contribution in [2.75, 3.05) is 13.7 Å². The Morgan fingerprint density at radius 1 is 1.20 bits per heavy atom. The molecule has 4 heteroatoms. The third kappa shape index (κ3) is 2.16. The third-order valence-corrected chi connectivity index (χ3v) is 3.75. The lowest BCUT2D eigenvalue weighted by Crippen LogP contribution is -2.26. The predicted octanol–water partition coefficient (Wildman–Crippen LogP) is 3.40. The predicted molar refractivity (Wildman–Crippen MR) is 72.8 cm³/mol. The molecule has 0 saturated heterocycles. The summed E-state index contributed by atoms with van der Waals surface area (Å²) in [5, 5.41) is 3.12. The topological polar surface area (TPSA) is 21.3 Å². The van der Waals surface area contributed by atoms with Gasteiger partial charge in [-0.05, 0) is 19.2 Å². The van der Waals surface area contributed by atoms with E-state index in [2.05, 4.69) is 5.32 Å². The number of hydrogen-bond acceptors (Lipinski definition) is 2. The molecule has 20 heavy (non-hydrogen) atoms. The highest BCUT2D eigenvalue weighted by molar-refractivity contribution is 5.42. The summed E-state index contributed by atoms with van der Waals surface area (Å²) in [6.07, 6.45) is 0. The van der Waals surface area contributed by atoms with Gasteiger partial charge in [0.15, 0.2) is 0 Å². The molecule has 2 atom stereocenters. The standard InChI is InChI=1S/C16H15F2NO/c1-19-16(12-7-6-10(17)8-14(12)18)13-9-20-15-5-3-2-4-11(13)15/h2-8,13,16,19H,9H2,1H3. The van der Waals surface area contributed by atoms with Crippen molar-refractivity contribution >= 4 is 0 Å². The van der Waals surface area contributed by atoms with Crippen molar-refractivity contribution in [3.05, 3.63) is 65.2 Å². The number of para-hydroxylation sites is 1. The average molecular weight is 275 g/mol. The molecule has 2 aromatic carbocycles. The molecule has 2 nitrogen and oxygen atoms in total. The Bertz CT molecular complexity index is 630. The van der Waals surface area contributed by atoms with Crippen LogP contribution in [0.3, 0.4) is 0 Å². The summed E-state index contributed by atoms with van der Waals surface area (Å²) in [6, 6.07) is 11.2. The van der Waals surface area contributed by atoms with Gasteiger partial charge in [0.25, 0.3) is 0 Å². The largest absolute Gasteiger partial charge is 0.493 e. The molecule has 1 heterocycles. The van der Waals surface area contributed by atoms with E-state index in [0.717, 1.165) is 17.4 Å². The van der Waals surface area contributed by atoms with Crippen LogP contribution in [0.1, 0.15) is 23.1 Å². The molecular formula is C16H15F2NO. The van der Waals surface area contributed by atoms with Crippen LogP contribution in [0, 0.1) is 11.6 Å². The van der Waals surface area contributed by atoms with E-state index in [4.69, 9.17) is 4.74 Å². The second kappa shape index (κ2) is 5.21. The highest BCUT2D eigenvalue weighted by Crippen LogP contribution is 2.41. The summed E-state index contributed by atoms with van der Waals surface area (Å²) in [5.41, 5.74) is 1.51. The fourth-order valence-electron chi connectivity index (χ4n) is 2.79. The van der Waals surface area contributed by atoms with Gasteiger partial charge in [0.05, 0.1) is 6.61 Å². The third-order valence-electron chi connectivity index (χ3n) is 3.75. The number of benzene rings is 2. The van der Waals surface area contributed by atoms with Gasteiger partial charge in [-0.2, -0.15) is 0 Å². The molecule has 0 radical (unpaired) electrons. The van der Waals surface area contributed by atoms with Crippen LogP contribution in [0.5, 0.6) is 5.75 Å². The number of rotatable bonds is 3. The van der Waals surface area contributed by atoms with Crippen LogP contribution in [-0.4, -0.2) is 13.7 Å². The molecule has 1 aliphatic rings. The molecule has 104 valence electrons. The van der Waals surface area contributed by atoms with Gasteiger partial charge in [0.2, 0.25) is 0 Å². The number of halogens is 2. The molecule has 0 saturated carbocycles. The van der Waals surface area contributed by atoms with Crippen molar-refractivity contribution in [1.82, 2.24) is 5.32 Å². The Labute approximate surface area is 116 Å². The maximum absolute atomic E-state index is 14.0.